The Morgan fingerprint density at radius 2 is 1.81 bits per heavy atom. The molecule has 0 unspecified atom stereocenters. The van der Waals surface area contributed by atoms with E-state index in [1.165, 1.54) is 37.8 Å². The summed E-state index contributed by atoms with van der Waals surface area (Å²) in [6.45, 7) is 2.11. The van der Waals surface area contributed by atoms with Crippen LogP contribution in [0.1, 0.15) is 53.8 Å². The molecule has 1 aliphatic carbocycles. The zero-order chi connectivity index (χ0) is 21.2. The van der Waals surface area contributed by atoms with Gasteiger partial charge in [0.05, 0.1) is 9.75 Å². The second-order valence-corrected chi connectivity index (χ2v) is 9.58. The van der Waals surface area contributed by atoms with Gasteiger partial charge in [-0.1, -0.05) is 68.2 Å². The molecule has 1 saturated carbocycles. The minimum atomic E-state index is 0.744. The van der Waals surface area contributed by atoms with Crippen LogP contribution in [0.4, 0.5) is 5.82 Å². The number of rotatable bonds is 3. The van der Waals surface area contributed by atoms with Gasteiger partial charge in [-0.3, -0.25) is 4.40 Å². The Balaban J connectivity index is 1.49. The summed E-state index contributed by atoms with van der Waals surface area (Å²) < 4.78 is 2.19. The van der Waals surface area contributed by atoms with Crippen molar-refractivity contribution in [2.75, 3.05) is 5.73 Å². The van der Waals surface area contributed by atoms with Crippen LogP contribution in [-0.2, 0) is 6.42 Å². The normalized spacial score (nSPS) is 14.5. The molecule has 0 amide bonds. The lowest BCUT2D eigenvalue weighted by Gasteiger charge is -2.22. The van der Waals surface area contributed by atoms with Crippen molar-refractivity contribution in [3.63, 3.8) is 0 Å². The molecule has 0 spiro atoms. The summed E-state index contributed by atoms with van der Waals surface area (Å²) >= 11 is 1.65. The van der Waals surface area contributed by atoms with Crippen LogP contribution in [-0.4, -0.2) is 9.38 Å². The number of pyridine rings is 1. The summed E-state index contributed by atoms with van der Waals surface area (Å²) in [5.41, 5.74) is 12.0. The summed E-state index contributed by atoms with van der Waals surface area (Å²) in [5, 5.41) is 0. The maximum atomic E-state index is 6.69. The number of nitrogen functional groups attached to an aromatic ring is 1. The number of aryl methyl sites for hydroxylation is 1. The third-order valence-electron chi connectivity index (χ3n) is 6.24. The lowest BCUT2D eigenvalue weighted by Crippen LogP contribution is -2.12. The van der Waals surface area contributed by atoms with E-state index >= 15 is 0 Å². The van der Waals surface area contributed by atoms with E-state index in [4.69, 9.17) is 10.7 Å². The molecule has 0 atom stereocenters. The second kappa shape index (κ2) is 8.61. The summed E-state index contributed by atoms with van der Waals surface area (Å²) in [6.07, 6.45) is 7.81. The molecule has 0 radical (unpaired) electrons. The highest BCUT2D eigenvalue weighted by Crippen LogP contribution is 2.35. The summed E-state index contributed by atoms with van der Waals surface area (Å²) in [6, 6.07) is 18.7. The third-order valence-corrected chi connectivity index (χ3v) is 7.25. The molecule has 3 heterocycles. The van der Waals surface area contributed by atoms with Gasteiger partial charge >= 0.3 is 0 Å². The molecule has 3 nitrogen and oxygen atoms in total. The van der Waals surface area contributed by atoms with Gasteiger partial charge in [-0.15, -0.1) is 11.3 Å². The Morgan fingerprint density at radius 1 is 1.00 bits per heavy atom. The third kappa shape index (κ3) is 4.11. The number of thiophene rings is 1. The number of fused-ring (bicyclic) bond motifs is 1. The fraction of sp³-hybridized carbons (Fsp3) is 0.296. The molecule has 1 fully saturated rings. The van der Waals surface area contributed by atoms with Crippen LogP contribution in [0.25, 0.3) is 16.2 Å². The van der Waals surface area contributed by atoms with E-state index < -0.39 is 0 Å². The Kier molecular flexibility index (Phi) is 5.53. The van der Waals surface area contributed by atoms with Crippen molar-refractivity contribution >= 4 is 22.8 Å². The van der Waals surface area contributed by atoms with Gasteiger partial charge in [-0.25, -0.2) is 4.98 Å². The smallest absolute Gasteiger partial charge is 0.142 e. The van der Waals surface area contributed by atoms with Crippen LogP contribution in [0.2, 0.25) is 0 Å². The molecule has 31 heavy (non-hydrogen) atoms. The standard InChI is InChI=1S/C27H27N3S/c1-19-12-14-22(18-21-10-6-3-7-11-21)30-26(28)25(29-27(19)30)24-17-16-23(31-24)15-13-20-8-4-2-5-9-20/h2,4-5,8-9,12,14,16-17,21H,3,6-7,10-11,18,28H2,1H3. The van der Waals surface area contributed by atoms with E-state index in [0.717, 1.165) is 50.4 Å². The van der Waals surface area contributed by atoms with Gasteiger partial charge in [0.25, 0.3) is 0 Å². The van der Waals surface area contributed by atoms with Gasteiger partial charge in [-0.2, -0.15) is 0 Å². The van der Waals surface area contributed by atoms with E-state index in [0.29, 0.717) is 0 Å². The van der Waals surface area contributed by atoms with Crippen LogP contribution in [0.3, 0.4) is 0 Å². The summed E-state index contributed by atoms with van der Waals surface area (Å²) in [5.74, 6) is 8.01. The molecule has 0 saturated heterocycles. The monoisotopic (exact) mass is 425 g/mol. The number of imidazole rings is 1. The van der Waals surface area contributed by atoms with Crippen LogP contribution in [0.15, 0.2) is 54.6 Å². The molecule has 3 aromatic heterocycles. The van der Waals surface area contributed by atoms with Gasteiger partial charge < -0.3 is 5.73 Å². The van der Waals surface area contributed by atoms with Crippen molar-refractivity contribution < 1.29 is 0 Å². The van der Waals surface area contributed by atoms with Gasteiger partial charge in [0, 0.05) is 11.3 Å². The highest BCUT2D eigenvalue weighted by Gasteiger charge is 2.20. The first-order valence-electron chi connectivity index (χ1n) is 11.1. The Hall–Kier alpha value is -3.03. The summed E-state index contributed by atoms with van der Waals surface area (Å²) in [7, 11) is 0. The largest absolute Gasteiger partial charge is 0.383 e. The summed E-state index contributed by atoms with van der Waals surface area (Å²) in [4.78, 5) is 7.06. The zero-order valence-corrected chi connectivity index (χ0v) is 18.7. The van der Waals surface area contributed by atoms with E-state index in [2.05, 4.69) is 47.4 Å². The Labute approximate surface area is 188 Å². The van der Waals surface area contributed by atoms with E-state index in [9.17, 15) is 0 Å². The minimum absolute atomic E-state index is 0.744. The topological polar surface area (TPSA) is 43.3 Å². The molecule has 1 aromatic carbocycles. The maximum Gasteiger partial charge on any atom is 0.142 e. The van der Waals surface area contributed by atoms with Gasteiger partial charge in [0.2, 0.25) is 0 Å². The zero-order valence-electron chi connectivity index (χ0n) is 17.9. The van der Waals surface area contributed by atoms with E-state index in [1.807, 2.05) is 30.3 Å². The lowest BCUT2D eigenvalue weighted by atomic mass is 9.86. The van der Waals surface area contributed by atoms with Gasteiger partial charge in [0.1, 0.15) is 17.2 Å². The fourth-order valence-electron chi connectivity index (χ4n) is 4.57. The Bertz CT molecular complexity index is 1260. The van der Waals surface area contributed by atoms with Crippen molar-refractivity contribution in [1.29, 1.82) is 0 Å². The van der Waals surface area contributed by atoms with Crippen LogP contribution < -0.4 is 5.73 Å². The Morgan fingerprint density at radius 3 is 2.61 bits per heavy atom. The number of benzene rings is 1. The molecular weight excluding hydrogens is 398 g/mol. The lowest BCUT2D eigenvalue weighted by molar-refractivity contribution is 0.353. The fourth-order valence-corrected chi connectivity index (χ4v) is 5.43. The maximum absolute atomic E-state index is 6.69. The first kappa shape index (κ1) is 19.9. The predicted molar refractivity (Wildman–Crippen MR) is 130 cm³/mol. The van der Waals surface area contributed by atoms with Crippen molar-refractivity contribution in [2.45, 2.75) is 45.4 Å². The van der Waals surface area contributed by atoms with Gasteiger partial charge in [0.15, 0.2) is 0 Å². The molecule has 4 aromatic rings. The quantitative estimate of drug-likeness (QED) is 0.382. The number of anilines is 1. The van der Waals surface area contributed by atoms with E-state index in [1.54, 1.807) is 11.3 Å². The highest BCUT2D eigenvalue weighted by atomic mass is 32.1. The van der Waals surface area contributed by atoms with Crippen LogP contribution in [0.5, 0.6) is 0 Å². The molecule has 156 valence electrons. The number of nitrogens with zero attached hydrogens (tertiary/aromatic N) is 2. The molecule has 4 heteroatoms. The van der Waals surface area contributed by atoms with Crippen molar-refractivity contribution in [3.05, 3.63) is 76.3 Å². The van der Waals surface area contributed by atoms with Crippen molar-refractivity contribution in [1.82, 2.24) is 9.38 Å². The van der Waals surface area contributed by atoms with Gasteiger partial charge in [-0.05, 0) is 55.2 Å². The predicted octanol–water partition coefficient (Wildman–Crippen LogP) is 6.48. The number of hydrogen-bond donors (Lipinski definition) is 1. The van der Waals surface area contributed by atoms with Crippen LogP contribution in [0, 0.1) is 24.7 Å². The minimum Gasteiger partial charge on any atom is -0.383 e. The number of aromatic nitrogens is 2. The second-order valence-electron chi connectivity index (χ2n) is 8.50. The molecule has 0 aliphatic heterocycles. The van der Waals surface area contributed by atoms with Crippen molar-refractivity contribution in [2.24, 2.45) is 5.92 Å². The number of hydrogen-bond acceptors (Lipinski definition) is 3. The average molecular weight is 426 g/mol. The van der Waals surface area contributed by atoms with Crippen LogP contribution >= 0.6 is 11.3 Å². The first-order chi connectivity index (χ1) is 15.2. The highest BCUT2D eigenvalue weighted by molar-refractivity contribution is 7.16. The molecule has 1 aliphatic rings. The number of nitrogens with two attached hydrogens (primary N) is 1. The molecule has 0 bridgehead atoms. The SMILES string of the molecule is Cc1ccc(CC2CCCCC2)n2c(N)c(-c3ccc(C#Cc4ccccc4)s3)nc12. The molecule has 5 rings (SSSR count). The molecular formula is C27H27N3S. The molecule has 2 N–H and O–H groups in total. The van der Waals surface area contributed by atoms with Crippen molar-refractivity contribution in [3.8, 4) is 22.4 Å². The van der Waals surface area contributed by atoms with E-state index in [-0.39, 0.29) is 0 Å². The average Bonchev–Trinajstić information content (AvgIpc) is 3.41. The first-order valence-corrected chi connectivity index (χ1v) is 11.9.